The highest BCUT2D eigenvalue weighted by molar-refractivity contribution is 5.72. The highest BCUT2D eigenvalue weighted by atomic mass is 16.3. The van der Waals surface area contributed by atoms with Crippen molar-refractivity contribution in [2.45, 2.75) is 64.6 Å². The summed E-state index contributed by atoms with van der Waals surface area (Å²) in [5.74, 6) is 1.43. The summed E-state index contributed by atoms with van der Waals surface area (Å²) in [6.45, 7) is 4.84. The van der Waals surface area contributed by atoms with Crippen LogP contribution in [-0.4, -0.2) is 22.4 Å². The minimum Gasteiger partial charge on any atom is -0.390 e. The van der Waals surface area contributed by atoms with Crippen LogP contribution < -0.4 is 0 Å². The summed E-state index contributed by atoms with van der Waals surface area (Å²) in [7, 11) is 0. The maximum Gasteiger partial charge on any atom is 0.0836 e. The number of aliphatic hydroxyl groups is 2. The standard InChI is InChI=1S/C25H33O2/c1-24-14-7-6-10-20(24)22(26)23(27)21-18-12-11-17(16-8-4-3-5-9-16)25(18,2)15-13-19(21)24/h3-6,8-9,11,18-23,26-27H,7,10,12-15H2,1-2H3/t18-,19-,20+,21-,22+,23+,24+,25+/m0/s1. The monoisotopic (exact) mass is 365 g/mol. The lowest BCUT2D eigenvalue weighted by Crippen LogP contribution is -2.63. The fourth-order valence-corrected chi connectivity index (χ4v) is 7.70. The molecule has 1 radical (unpaired) electrons. The first kappa shape index (κ1) is 17.9. The Morgan fingerprint density at radius 3 is 2.44 bits per heavy atom. The van der Waals surface area contributed by atoms with Crippen LogP contribution >= 0.6 is 0 Å². The van der Waals surface area contributed by atoms with Gasteiger partial charge in [-0.3, -0.25) is 0 Å². The lowest BCUT2D eigenvalue weighted by atomic mass is 9.43. The molecule has 4 aliphatic carbocycles. The Hall–Kier alpha value is -1.12. The smallest absolute Gasteiger partial charge is 0.0836 e. The second-order valence-corrected chi connectivity index (χ2v) is 10.1. The quantitative estimate of drug-likeness (QED) is 0.745. The molecule has 0 spiro atoms. The van der Waals surface area contributed by atoms with E-state index in [-0.39, 0.29) is 22.7 Å². The summed E-state index contributed by atoms with van der Waals surface area (Å²) in [6.07, 6.45) is 10.3. The van der Waals surface area contributed by atoms with Gasteiger partial charge in [0.15, 0.2) is 0 Å². The van der Waals surface area contributed by atoms with Crippen molar-refractivity contribution >= 4 is 5.57 Å². The molecule has 2 nitrogen and oxygen atoms in total. The van der Waals surface area contributed by atoms with E-state index in [9.17, 15) is 10.2 Å². The van der Waals surface area contributed by atoms with Crippen LogP contribution in [0.2, 0.25) is 0 Å². The van der Waals surface area contributed by atoms with Gasteiger partial charge in [0.05, 0.1) is 12.2 Å². The molecular weight excluding hydrogens is 332 g/mol. The first-order valence-electron chi connectivity index (χ1n) is 10.9. The predicted molar refractivity (Wildman–Crippen MR) is 109 cm³/mol. The largest absolute Gasteiger partial charge is 0.390 e. The zero-order chi connectivity index (χ0) is 18.8. The minimum absolute atomic E-state index is 0.118. The molecule has 0 aromatic heterocycles. The molecule has 4 aliphatic rings. The fourth-order valence-electron chi connectivity index (χ4n) is 7.70. The maximum absolute atomic E-state index is 11.3. The number of rotatable bonds is 1. The summed E-state index contributed by atoms with van der Waals surface area (Å²) in [5.41, 5.74) is 3.10. The molecule has 8 atom stereocenters. The van der Waals surface area contributed by atoms with Crippen LogP contribution in [0.15, 0.2) is 36.4 Å². The molecule has 0 bridgehead atoms. The molecule has 1 aromatic rings. The zero-order valence-electron chi connectivity index (χ0n) is 16.6. The molecular formula is C25H33O2. The molecule has 0 unspecified atom stereocenters. The highest BCUT2D eigenvalue weighted by Gasteiger charge is 2.63. The van der Waals surface area contributed by atoms with E-state index in [1.165, 1.54) is 30.4 Å². The number of aliphatic hydroxyl groups excluding tert-OH is 2. The minimum atomic E-state index is -0.576. The van der Waals surface area contributed by atoms with E-state index in [0.29, 0.717) is 11.8 Å². The molecule has 5 rings (SSSR count). The summed E-state index contributed by atoms with van der Waals surface area (Å²) >= 11 is 0. The molecule has 0 aliphatic heterocycles. The van der Waals surface area contributed by atoms with Crippen LogP contribution in [0.3, 0.4) is 0 Å². The molecule has 2 N–H and O–H groups in total. The van der Waals surface area contributed by atoms with E-state index < -0.39 is 12.2 Å². The van der Waals surface area contributed by atoms with Crippen LogP contribution in [0, 0.1) is 40.9 Å². The van der Waals surface area contributed by atoms with E-state index >= 15 is 0 Å². The molecule has 2 heteroatoms. The van der Waals surface area contributed by atoms with Crippen molar-refractivity contribution in [3.63, 3.8) is 0 Å². The van der Waals surface area contributed by atoms with Gasteiger partial charge in [-0.05, 0) is 90.6 Å². The van der Waals surface area contributed by atoms with Gasteiger partial charge in [-0.25, -0.2) is 0 Å². The number of hydrogen-bond donors (Lipinski definition) is 2. The summed E-state index contributed by atoms with van der Waals surface area (Å²) in [6, 6.07) is 10.8. The van der Waals surface area contributed by atoms with Crippen LogP contribution in [0.5, 0.6) is 0 Å². The maximum atomic E-state index is 11.3. The van der Waals surface area contributed by atoms with Gasteiger partial charge in [-0.15, -0.1) is 0 Å². The second kappa shape index (κ2) is 6.19. The second-order valence-electron chi connectivity index (χ2n) is 10.1. The highest BCUT2D eigenvalue weighted by Crippen LogP contribution is 2.67. The average Bonchev–Trinajstić information content (AvgIpc) is 3.03. The van der Waals surface area contributed by atoms with Crippen molar-refractivity contribution in [2.24, 2.45) is 34.5 Å². The molecule has 0 amide bonds. The van der Waals surface area contributed by atoms with Crippen molar-refractivity contribution in [2.75, 3.05) is 0 Å². The van der Waals surface area contributed by atoms with Gasteiger partial charge in [0.1, 0.15) is 0 Å². The molecule has 3 fully saturated rings. The average molecular weight is 366 g/mol. The number of benzene rings is 1. The number of hydrogen-bond acceptors (Lipinski definition) is 2. The molecule has 1 aromatic carbocycles. The summed E-state index contributed by atoms with van der Waals surface area (Å²) < 4.78 is 0. The van der Waals surface area contributed by atoms with Crippen molar-refractivity contribution < 1.29 is 10.2 Å². The van der Waals surface area contributed by atoms with Crippen LogP contribution in [0.4, 0.5) is 0 Å². The molecule has 0 heterocycles. The molecule has 27 heavy (non-hydrogen) atoms. The van der Waals surface area contributed by atoms with Gasteiger partial charge < -0.3 is 10.2 Å². The lowest BCUT2D eigenvalue weighted by molar-refractivity contribution is -0.204. The van der Waals surface area contributed by atoms with E-state index in [4.69, 9.17) is 0 Å². The lowest BCUT2D eigenvalue weighted by Gasteiger charge is -2.63. The Balaban J connectivity index is 1.52. The van der Waals surface area contributed by atoms with Crippen molar-refractivity contribution in [3.8, 4) is 0 Å². The summed E-state index contributed by atoms with van der Waals surface area (Å²) in [5, 5.41) is 22.3. The third kappa shape index (κ3) is 2.39. The fraction of sp³-hybridized carbons (Fsp3) is 0.640. The van der Waals surface area contributed by atoms with Gasteiger partial charge in [0, 0.05) is 0 Å². The molecule has 0 saturated heterocycles. The number of fused-ring (bicyclic) bond motifs is 5. The van der Waals surface area contributed by atoms with Crippen molar-refractivity contribution in [1.29, 1.82) is 0 Å². The van der Waals surface area contributed by atoms with E-state index in [0.717, 1.165) is 19.3 Å². The third-order valence-electron chi connectivity index (χ3n) is 9.16. The van der Waals surface area contributed by atoms with Crippen LogP contribution in [0.25, 0.3) is 5.57 Å². The van der Waals surface area contributed by atoms with Crippen molar-refractivity contribution in [1.82, 2.24) is 0 Å². The van der Waals surface area contributed by atoms with Crippen LogP contribution in [-0.2, 0) is 0 Å². The molecule has 3 saturated carbocycles. The summed E-state index contributed by atoms with van der Waals surface area (Å²) in [4.78, 5) is 0. The first-order valence-corrected chi connectivity index (χ1v) is 10.9. The SMILES string of the molecule is C[C@]12CC[CH]C[C@@H]1[C@@H](O)[C@H](O)[C@@H]1[C@@H]2CC[C@]2(C)C(c3ccccc3)=CC[C@@H]12. The Morgan fingerprint density at radius 2 is 1.67 bits per heavy atom. The van der Waals surface area contributed by atoms with Gasteiger partial charge in [0.25, 0.3) is 0 Å². The van der Waals surface area contributed by atoms with E-state index in [2.05, 4.69) is 56.7 Å². The van der Waals surface area contributed by atoms with Gasteiger partial charge in [-0.2, -0.15) is 0 Å². The Bertz CT molecular complexity index is 740. The van der Waals surface area contributed by atoms with Gasteiger partial charge in [0.2, 0.25) is 0 Å². The first-order chi connectivity index (χ1) is 13.0. The van der Waals surface area contributed by atoms with Crippen LogP contribution in [0.1, 0.15) is 57.9 Å². The van der Waals surface area contributed by atoms with Gasteiger partial charge in [-0.1, -0.05) is 50.3 Å². The predicted octanol–water partition coefficient (Wildman–Crippen LogP) is 4.87. The Kier molecular flexibility index (Phi) is 4.11. The number of allylic oxidation sites excluding steroid dienone is 2. The third-order valence-corrected chi connectivity index (χ3v) is 9.16. The Morgan fingerprint density at radius 1 is 0.889 bits per heavy atom. The Labute approximate surface area is 163 Å². The van der Waals surface area contributed by atoms with Crippen molar-refractivity contribution in [3.05, 3.63) is 48.4 Å². The normalized spacial score (nSPS) is 49.0. The van der Waals surface area contributed by atoms with E-state index in [1.54, 1.807) is 0 Å². The van der Waals surface area contributed by atoms with Gasteiger partial charge >= 0.3 is 0 Å². The zero-order valence-corrected chi connectivity index (χ0v) is 16.6. The molecule has 145 valence electrons. The topological polar surface area (TPSA) is 40.5 Å². The van der Waals surface area contributed by atoms with E-state index in [1.807, 2.05) is 0 Å².